The van der Waals surface area contributed by atoms with E-state index >= 15 is 0 Å². The van der Waals surface area contributed by atoms with E-state index in [0.29, 0.717) is 41.0 Å². The summed E-state index contributed by atoms with van der Waals surface area (Å²) in [4.78, 5) is 38.8. The van der Waals surface area contributed by atoms with Gasteiger partial charge in [0.25, 0.3) is 11.8 Å². The molecule has 1 aliphatic heterocycles. The first kappa shape index (κ1) is 24.5. The van der Waals surface area contributed by atoms with Gasteiger partial charge in [0.05, 0.1) is 12.3 Å². The molecule has 4 rings (SSSR count). The molecule has 1 saturated heterocycles. The number of hydrogen-bond donors (Lipinski definition) is 1. The molecule has 0 unspecified atom stereocenters. The Morgan fingerprint density at radius 3 is 2.43 bits per heavy atom. The fourth-order valence-corrected chi connectivity index (χ4v) is 3.95. The molecule has 0 aliphatic carbocycles. The van der Waals surface area contributed by atoms with Crippen LogP contribution in [0.5, 0.6) is 11.5 Å². The minimum atomic E-state index is -0.828. The summed E-state index contributed by atoms with van der Waals surface area (Å²) >= 11 is 9.41. The summed E-state index contributed by atoms with van der Waals surface area (Å²) in [6.45, 7) is 2.56. The first-order chi connectivity index (χ1) is 16.9. The smallest absolute Gasteiger partial charge is 0.335 e. The largest absolute Gasteiger partial charge is 0.490 e. The lowest BCUT2D eigenvalue weighted by Gasteiger charge is -2.26. The number of benzene rings is 3. The molecule has 0 spiro atoms. The van der Waals surface area contributed by atoms with E-state index in [-0.39, 0.29) is 5.57 Å². The molecule has 0 saturated carbocycles. The molecule has 0 bridgehead atoms. The number of halogens is 2. The number of nitrogens with one attached hydrogen (secondary N) is 1. The van der Waals surface area contributed by atoms with Gasteiger partial charge in [-0.15, -0.1) is 0 Å². The van der Waals surface area contributed by atoms with Crippen molar-refractivity contribution in [2.24, 2.45) is 0 Å². The molecular formula is C26H20BrClN2O5. The van der Waals surface area contributed by atoms with Crippen LogP contribution in [0.25, 0.3) is 6.08 Å². The van der Waals surface area contributed by atoms with Crippen LogP contribution < -0.4 is 19.7 Å². The second-order valence-corrected chi connectivity index (χ2v) is 8.74. The molecule has 0 radical (unpaired) electrons. The first-order valence-electron chi connectivity index (χ1n) is 10.7. The standard InChI is InChI=1S/C26H20BrClN2O5/c1-2-34-23-14-16(7-12-22(23)35-15-17-5-3-4-6-21(17)27)13-20-24(31)29-26(33)30(25(20)32)19-10-8-18(28)9-11-19/h3-14H,2,15H2,1H3,(H,29,31,33)/b20-13+. The Kier molecular flexibility index (Phi) is 7.53. The van der Waals surface area contributed by atoms with Gasteiger partial charge < -0.3 is 9.47 Å². The van der Waals surface area contributed by atoms with Crippen molar-refractivity contribution < 1.29 is 23.9 Å². The number of urea groups is 1. The maximum atomic E-state index is 13.1. The van der Waals surface area contributed by atoms with Gasteiger partial charge in [-0.3, -0.25) is 14.9 Å². The Balaban J connectivity index is 1.61. The minimum absolute atomic E-state index is 0.191. The average molecular weight is 556 g/mol. The van der Waals surface area contributed by atoms with Gasteiger partial charge >= 0.3 is 6.03 Å². The lowest BCUT2D eigenvalue weighted by Crippen LogP contribution is -2.54. The SMILES string of the molecule is CCOc1cc(/C=C2\C(=O)NC(=O)N(c3ccc(Cl)cc3)C2=O)ccc1OCc1ccccc1Br. The van der Waals surface area contributed by atoms with Crippen LogP contribution >= 0.6 is 27.5 Å². The Bertz CT molecular complexity index is 1320. The van der Waals surface area contributed by atoms with Crippen molar-refractivity contribution in [2.45, 2.75) is 13.5 Å². The first-order valence-corrected chi connectivity index (χ1v) is 11.8. The van der Waals surface area contributed by atoms with Crippen LogP contribution in [0.2, 0.25) is 5.02 Å². The maximum Gasteiger partial charge on any atom is 0.335 e. The highest BCUT2D eigenvalue weighted by Crippen LogP contribution is 2.31. The Morgan fingerprint density at radius 2 is 1.71 bits per heavy atom. The highest BCUT2D eigenvalue weighted by Gasteiger charge is 2.36. The van der Waals surface area contributed by atoms with Crippen LogP contribution in [0, 0.1) is 0 Å². The van der Waals surface area contributed by atoms with Crippen LogP contribution in [0.15, 0.2) is 76.8 Å². The van der Waals surface area contributed by atoms with Gasteiger partial charge in [-0.05, 0) is 61.0 Å². The van der Waals surface area contributed by atoms with E-state index in [1.54, 1.807) is 30.3 Å². The number of anilines is 1. The van der Waals surface area contributed by atoms with Gasteiger partial charge in [0.2, 0.25) is 0 Å². The second kappa shape index (κ2) is 10.8. The number of barbiturate groups is 1. The molecule has 7 nitrogen and oxygen atoms in total. The third-order valence-corrected chi connectivity index (χ3v) is 6.13. The van der Waals surface area contributed by atoms with Crippen molar-refractivity contribution in [2.75, 3.05) is 11.5 Å². The van der Waals surface area contributed by atoms with Crippen LogP contribution in [0.3, 0.4) is 0 Å². The van der Waals surface area contributed by atoms with Crippen molar-refractivity contribution in [1.29, 1.82) is 0 Å². The highest BCUT2D eigenvalue weighted by atomic mass is 79.9. The number of rotatable bonds is 7. The molecule has 0 aromatic heterocycles. The second-order valence-electron chi connectivity index (χ2n) is 7.45. The molecule has 0 atom stereocenters. The number of amides is 4. The number of carbonyl (C=O) groups excluding carboxylic acids is 3. The predicted molar refractivity (Wildman–Crippen MR) is 137 cm³/mol. The quantitative estimate of drug-likeness (QED) is 0.297. The molecule has 1 fully saturated rings. The fourth-order valence-electron chi connectivity index (χ4n) is 3.42. The van der Waals surface area contributed by atoms with Gasteiger partial charge in [-0.25, -0.2) is 9.69 Å². The van der Waals surface area contributed by atoms with Crippen molar-refractivity contribution >= 4 is 57.1 Å². The molecule has 178 valence electrons. The highest BCUT2D eigenvalue weighted by molar-refractivity contribution is 9.10. The summed E-state index contributed by atoms with van der Waals surface area (Å²) in [6.07, 6.45) is 1.41. The maximum absolute atomic E-state index is 13.1. The van der Waals surface area contributed by atoms with Gasteiger partial charge in [0.15, 0.2) is 11.5 Å². The summed E-state index contributed by atoms with van der Waals surface area (Å²) in [7, 11) is 0. The number of imide groups is 2. The van der Waals surface area contributed by atoms with Gasteiger partial charge in [0, 0.05) is 15.1 Å². The van der Waals surface area contributed by atoms with Gasteiger partial charge in [0.1, 0.15) is 12.2 Å². The molecule has 9 heteroatoms. The van der Waals surface area contributed by atoms with Crippen LogP contribution in [-0.2, 0) is 16.2 Å². The zero-order chi connectivity index (χ0) is 24.9. The Labute approximate surface area is 215 Å². The molecule has 1 heterocycles. The van der Waals surface area contributed by atoms with E-state index < -0.39 is 17.8 Å². The van der Waals surface area contributed by atoms with Crippen molar-refractivity contribution in [3.63, 3.8) is 0 Å². The predicted octanol–water partition coefficient (Wildman–Crippen LogP) is 5.75. The van der Waals surface area contributed by atoms with Crippen molar-refractivity contribution in [1.82, 2.24) is 5.32 Å². The van der Waals surface area contributed by atoms with Crippen LogP contribution in [0.1, 0.15) is 18.1 Å². The van der Waals surface area contributed by atoms with Gasteiger partial charge in [-0.1, -0.05) is 51.8 Å². The molecule has 3 aromatic carbocycles. The Morgan fingerprint density at radius 1 is 0.971 bits per heavy atom. The minimum Gasteiger partial charge on any atom is -0.490 e. The summed E-state index contributed by atoms with van der Waals surface area (Å²) < 4.78 is 12.6. The number of ether oxygens (including phenoxy) is 2. The van der Waals surface area contributed by atoms with Crippen molar-refractivity contribution in [3.8, 4) is 11.5 Å². The Hall–Kier alpha value is -3.62. The average Bonchev–Trinajstić information content (AvgIpc) is 2.83. The number of nitrogens with zero attached hydrogens (tertiary/aromatic N) is 1. The van der Waals surface area contributed by atoms with E-state index in [1.807, 2.05) is 31.2 Å². The molecular weight excluding hydrogens is 536 g/mol. The van der Waals surface area contributed by atoms with E-state index in [0.717, 1.165) is 14.9 Å². The van der Waals surface area contributed by atoms with E-state index in [2.05, 4.69) is 21.2 Å². The molecule has 4 amide bonds. The lowest BCUT2D eigenvalue weighted by molar-refractivity contribution is -0.122. The molecule has 3 aromatic rings. The summed E-state index contributed by atoms with van der Waals surface area (Å²) in [5.41, 5.74) is 1.60. The summed E-state index contributed by atoms with van der Waals surface area (Å²) in [5.74, 6) is -0.545. The fraction of sp³-hybridized carbons (Fsp3) is 0.115. The van der Waals surface area contributed by atoms with E-state index in [1.165, 1.54) is 18.2 Å². The summed E-state index contributed by atoms with van der Waals surface area (Å²) in [5, 5.41) is 2.66. The third kappa shape index (κ3) is 5.55. The molecule has 1 aliphatic rings. The van der Waals surface area contributed by atoms with Crippen LogP contribution in [-0.4, -0.2) is 24.5 Å². The number of carbonyl (C=O) groups is 3. The normalized spacial score (nSPS) is 14.8. The van der Waals surface area contributed by atoms with Crippen molar-refractivity contribution in [3.05, 3.63) is 92.9 Å². The van der Waals surface area contributed by atoms with Gasteiger partial charge in [-0.2, -0.15) is 0 Å². The topological polar surface area (TPSA) is 84.9 Å². The third-order valence-electron chi connectivity index (χ3n) is 5.11. The summed E-state index contributed by atoms with van der Waals surface area (Å²) in [6, 6.07) is 18.1. The molecule has 35 heavy (non-hydrogen) atoms. The zero-order valence-corrected chi connectivity index (χ0v) is 20.9. The van der Waals surface area contributed by atoms with Crippen LogP contribution in [0.4, 0.5) is 10.5 Å². The van der Waals surface area contributed by atoms with E-state index in [9.17, 15) is 14.4 Å². The number of hydrogen-bond acceptors (Lipinski definition) is 5. The molecule has 1 N–H and O–H groups in total. The lowest BCUT2D eigenvalue weighted by atomic mass is 10.1. The van der Waals surface area contributed by atoms with E-state index in [4.69, 9.17) is 21.1 Å². The zero-order valence-electron chi connectivity index (χ0n) is 18.6. The monoisotopic (exact) mass is 554 g/mol.